The molecular weight excluding hydrogens is 296 g/mol. The molecule has 0 saturated carbocycles. The van der Waals surface area contributed by atoms with Gasteiger partial charge in [-0.15, -0.1) is 0 Å². The number of carbonyl (C=O) groups is 2. The van der Waals surface area contributed by atoms with Crippen LogP contribution in [-0.4, -0.2) is 74.6 Å². The summed E-state index contributed by atoms with van der Waals surface area (Å²) in [6, 6.07) is 6.14. The third kappa shape index (κ3) is 4.75. The number of benzene rings is 1. The van der Waals surface area contributed by atoms with E-state index in [2.05, 4.69) is 10.2 Å². The van der Waals surface area contributed by atoms with E-state index in [9.17, 15) is 9.59 Å². The monoisotopic (exact) mass is 320 g/mol. The fourth-order valence-corrected chi connectivity index (χ4v) is 2.38. The molecule has 7 heteroatoms. The standard InChI is InChI=1S/C16H24N4O3/c1-19-7-9-20(10-8-19)16(22)12-3-5-13(6-4-12)18-15(21)14(17)11-23-2/h3-6,14H,7-11,17H2,1-2H3,(H,18,21). The molecule has 1 aliphatic heterocycles. The summed E-state index contributed by atoms with van der Waals surface area (Å²) in [5.41, 5.74) is 6.89. The van der Waals surface area contributed by atoms with Gasteiger partial charge in [0.25, 0.3) is 5.91 Å². The molecule has 126 valence electrons. The first kappa shape index (κ1) is 17.4. The fourth-order valence-electron chi connectivity index (χ4n) is 2.38. The average molecular weight is 320 g/mol. The summed E-state index contributed by atoms with van der Waals surface area (Å²) in [4.78, 5) is 28.3. The minimum Gasteiger partial charge on any atom is -0.383 e. The zero-order chi connectivity index (χ0) is 16.8. The lowest BCUT2D eigenvalue weighted by molar-refractivity contribution is -0.118. The zero-order valence-electron chi connectivity index (χ0n) is 13.6. The van der Waals surface area contributed by atoms with Crippen molar-refractivity contribution in [1.82, 2.24) is 9.80 Å². The molecule has 0 aromatic heterocycles. The van der Waals surface area contributed by atoms with Crippen LogP contribution in [-0.2, 0) is 9.53 Å². The Labute approximate surface area is 136 Å². The van der Waals surface area contributed by atoms with Gasteiger partial charge < -0.3 is 25.6 Å². The Kier molecular flexibility index (Phi) is 6.09. The second kappa shape index (κ2) is 8.05. The van der Waals surface area contributed by atoms with E-state index in [0.717, 1.165) is 26.2 Å². The van der Waals surface area contributed by atoms with Crippen LogP contribution in [0, 0.1) is 0 Å². The Morgan fingerprint density at radius 1 is 1.22 bits per heavy atom. The Bertz CT molecular complexity index is 539. The summed E-state index contributed by atoms with van der Waals surface area (Å²) < 4.78 is 4.85. The van der Waals surface area contributed by atoms with Crippen molar-refractivity contribution in [1.29, 1.82) is 0 Å². The second-order valence-corrected chi connectivity index (χ2v) is 5.72. The number of methoxy groups -OCH3 is 1. The molecule has 1 aromatic rings. The number of likely N-dealkylation sites (N-methyl/N-ethyl adjacent to an activating group) is 1. The molecule has 3 N–H and O–H groups in total. The lowest BCUT2D eigenvalue weighted by Crippen LogP contribution is -2.47. The number of nitrogens with zero attached hydrogens (tertiary/aromatic N) is 2. The van der Waals surface area contributed by atoms with E-state index in [1.165, 1.54) is 7.11 Å². The largest absolute Gasteiger partial charge is 0.383 e. The minimum absolute atomic E-state index is 0.0204. The number of hydrogen-bond acceptors (Lipinski definition) is 5. The molecule has 1 heterocycles. The molecule has 7 nitrogen and oxygen atoms in total. The van der Waals surface area contributed by atoms with Gasteiger partial charge in [0.05, 0.1) is 6.61 Å². The number of carbonyl (C=O) groups excluding carboxylic acids is 2. The van der Waals surface area contributed by atoms with E-state index in [0.29, 0.717) is 11.3 Å². The van der Waals surface area contributed by atoms with Crippen LogP contribution in [0.25, 0.3) is 0 Å². The van der Waals surface area contributed by atoms with Crippen LogP contribution in [0.4, 0.5) is 5.69 Å². The van der Waals surface area contributed by atoms with Crippen molar-refractivity contribution >= 4 is 17.5 Å². The van der Waals surface area contributed by atoms with Gasteiger partial charge in [0.15, 0.2) is 0 Å². The van der Waals surface area contributed by atoms with Gasteiger partial charge >= 0.3 is 0 Å². The van der Waals surface area contributed by atoms with Crippen molar-refractivity contribution in [2.75, 3.05) is 52.3 Å². The zero-order valence-corrected chi connectivity index (χ0v) is 13.6. The number of rotatable bonds is 5. The van der Waals surface area contributed by atoms with Gasteiger partial charge in [-0.3, -0.25) is 9.59 Å². The summed E-state index contributed by atoms with van der Waals surface area (Å²) >= 11 is 0. The maximum atomic E-state index is 12.4. The summed E-state index contributed by atoms with van der Waals surface area (Å²) in [6.45, 7) is 3.40. The third-order valence-corrected chi connectivity index (χ3v) is 3.87. The molecular formula is C16H24N4O3. The highest BCUT2D eigenvalue weighted by Gasteiger charge is 2.20. The van der Waals surface area contributed by atoms with Gasteiger partial charge in [-0.25, -0.2) is 0 Å². The molecule has 1 aromatic carbocycles. The van der Waals surface area contributed by atoms with E-state index in [-0.39, 0.29) is 18.4 Å². The maximum Gasteiger partial charge on any atom is 0.253 e. The molecule has 0 aliphatic carbocycles. The van der Waals surface area contributed by atoms with Crippen LogP contribution in [0.2, 0.25) is 0 Å². The first-order valence-electron chi connectivity index (χ1n) is 7.64. The van der Waals surface area contributed by atoms with Crippen LogP contribution < -0.4 is 11.1 Å². The SMILES string of the molecule is COCC(N)C(=O)Nc1ccc(C(=O)N2CCN(C)CC2)cc1. The highest BCUT2D eigenvalue weighted by Crippen LogP contribution is 2.13. The quantitative estimate of drug-likeness (QED) is 0.796. The number of amides is 2. The fraction of sp³-hybridized carbons (Fsp3) is 0.500. The van der Waals surface area contributed by atoms with Gasteiger partial charge in [0.1, 0.15) is 6.04 Å². The Morgan fingerprint density at radius 2 is 1.83 bits per heavy atom. The Balaban J connectivity index is 1.94. The van der Waals surface area contributed by atoms with Crippen molar-refractivity contribution in [3.63, 3.8) is 0 Å². The first-order valence-corrected chi connectivity index (χ1v) is 7.64. The summed E-state index contributed by atoms with van der Waals surface area (Å²) in [6.07, 6.45) is 0. The van der Waals surface area contributed by atoms with Gasteiger partial charge in [-0.05, 0) is 31.3 Å². The number of hydrogen-bond donors (Lipinski definition) is 2. The van der Waals surface area contributed by atoms with E-state index < -0.39 is 6.04 Å². The number of piperazine rings is 1. The average Bonchev–Trinajstić information content (AvgIpc) is 2.56. The van der Waals surface area contributed by atoms with Crippen molar-refractivity contribution in [2.24, 2.45) is 5.73 Å². The van der Waals surface area contributed by atoms with E-state index in [4.69, 9.17) is 10.5 Å². The normalized spacial score (nSPS) is 16.9. The molecule has 2 amide bonds. The lowest BCUT2D eigenvalue weighted by Gasteiger charge is -2.32. The molecule has 0 spiro atoms. The predicted octanol–water partition coefficient (Wildman–Crippen LogP) is -0.0136. The number of nitrogens with two attached hydrogens (primary N) is 1. The summed E-state index contributed by atoms with van der Waals surface area (Å²) in [5, 5.41) is 2.70. The van der Waals surface area contributed by atoms with Crippen LogP contribution in [0.15, 0.2) is 24.3 Å². The van der Waals surface area contributed by atoms with Crippen molar-refractivity contribution < 1.29 is 14.3 Å². The summed E-state index contributed by atoms with van der Waals surface area (Å²) in [7, 11) is 3.54. The van der Waals surface area contributed by atoms with Crippen molar-refractivity contribution in [2.45, 2.75) is 6.04 Å². The summed E-state index contributed by atoms with van der Waals surface area (Å²) in [5.74, 6) is -0.294. The molecule has 0 bridgehead atoms. The lowest BCUT2D eigenvalue weighted by atomic mass is 10.1. The highest BCUT2D eigenvalue weighted by atomic mass is 16.5. The number of anilines is 1. The smallest absolute Gasteiger partial charge is 0.253 e. The molecule has 0 radical (unpaired) electrons. The molecule has 1 fully saturated rings. The van der Waals surface area contributed by atoms with E-state index in [1.807, 2.05) is 11.9 Å². The molecule has 23 heavy (non-hydrogen) atoms. The van der Waals surface area contributed by atoms with Crippen molar-refractivity contribution in [3.05, 3.63) is 29.8 Å². The highest BCUT2D eigenvalue weighted by molar-refractivity contribution is 5.97. The maximum absolute atomic E-state index is 12.4. The first-order chi connectivity index (χ1) is 11.0. The van der Waals surface area contributed by atoms with Crippen LogP contribution in [0.1, 0.15) is 10.4 Å². The number of nitrogens with one attached hydrogen (secondary N) is 1. The van der Waals surface area contributed by atoms with E-state index in [1.54, 1.807) is 24.3 Å². The minimum atomic E-state index is -0.716. The van der Waals surface area contributed by atoms with Gasteiger partial charge in [-0.1, -0.05) is 0 Å². The van der Waals surface area contributed by atoms with Crippen LogP contribution in [0.3, 0.4) is 0 Å². The molecule has 1 saturated heterocycles. The van der Waals surface area contributed by atoms with E-state index >= 15 is 0 Å². The van der Waals surface area contributed by atoms with Gasteiger partial charge in [0, 0.05) is 44.5 Å². The molecule has 1 aliphatic rings. The molecule has 2 rings (SSSR count). The van der Waals surface area contributed by atoms with Gasteiger partial charge in [-0.2, -0.15) is 0 Å². The molecule has 1 unspecified atom stereocenters. The topological polar surface area (TPSA) is 87.9 Å². The van der Waals surface area contributed by atoms with Crippen molar-refractivity contribution in [3.8, 4) is 0 Å². The van der Waals surface area contributed by atoms with Gasteiger partial charge in [0.2, 0.25) is 5.91 Å². The number of ether oxygens (including phenoxy) is 1. The predicted molar refractivity (Wildman–Crippen MR) is 88.3 cm³/mol. The van der Waals surface area contributed by atoms with Crippen LogP contribution in [0.5, 0.6) is 0 Å². The Hall–Kier alpha value is -1.96. The third-order valence-electron chi connectivity index (χ3n) is 3.87. The molecule has 1 atom stereocenters. The second-order valence-electron chi connectivity index (χ2n) is 5.72. The Morgan fingerprint density at radius 3 is 2.39 bits per heavy atom. The van der Waals surface area contributed by atoms with Crippen LogP contribution >= 0.6 is 0 Å².